The Kier molecular flexibility index (Phi) is 3.15. The van der Waals surface area contributed by atoms with E-state index in [1.165, 1.54) is 6.07 Å². The summed E-state index contributed by atoms with van der Waals surface area (Å²) in [6, 6.07) is 4.97. The number of carbonyl (C=O) groups excluding carboxylic acids is 1. The van der Waals surface area contributed by atoms with Gasteiger partial charge in [0.05, 0.1) is 5.02 Å². The van der Waals surface area contributed by atoms with Crippen molar-refractivity contribution >= 4 is 17.4 Å². The molecule has 1 heterocycles. The lowest BCUT2D eigenvalue weighted by Crippen LogP contribution is -2.07. The summed E-state index contributed by atoms with van der Waals surface area (Å²) in [5.41, 5.74) is 2.39. The van der Waals surface area contributed by atoms with Crippen LogP contribution in [-0.2, 0) is 13.0 Å². The van der Waals surface area contributed by atoms with Crippen LogP contribution in [0.1, 0.15) is 34.3 Å². The number of hydrogen-bond acceptors (Lipinski definition) is 1. The first kappa shape index (κ1) is 12.4. The molecule has 0 saturated carbocycles. The van der Waals surface area contributed by atoms with E-state index in [0.717, 1.165) is 24.0 Å². The van der Waals surface area contributed by atoms with Gasteiger partial charge in [-0.1, -0.05) is 23.7 Å². The van der Waals surface area contributed by atoms with Crippen LogP contribution < -0.4 is 0 Å². The van der Waals surface area contributed by atoms with E-state index < -0.39 is 0 Å². The number of halogens is 2. The fourth-order valence-corrected chi connectivity index (χ4v) is 2.73. The molecule has 0 N–H and O–H groups in total. The molecule has 2 aromatic rings. The average molecular weight is 278 g/mol. The number of hydrogen-bond donors (Lipinski definition) is 0. The molecule has 2 nitrogen and oxygen atoms in total. The van der Waals surface area contributed by atoms with E-state index in [4.69, 9.17) is 11.6 Å². The van der Waals surface area contributed by atoms with Crippen LogP contribution in [0.5, 0.6) is 0 Å². The van der Waals surface area contributed by atoms with Gasteiger partial charge in [-0.25, -0.2) is 4.39 Å². The third kappa shape index (κ3) is 2.30. The maximum Gasteiger partial charge on any atom is 0.164 e. The Morgan fingerprint density at radius 2 is 2.11 bits per heavy atom. The molecule has 0 saturated heterocycles. The van der Waals surface area contributed by atoms with Crippen molar-refractivity contribution in [2.75, 3.05) is 0 Å². The van der Waals surface area contributed by atoms with Gasteiger partial charge in [0, 0.05) is 36.5 Å². The molecular weight excluding hydrogens is 265 g/mol. The quantitative estimate of drug-likeness (QED) is 0.817. The summed E-state index contributed by atoms with van der Waals surface area (Å²) in [6.07, 6.45) is 6.19. The van der Waals surface area contributed by atoms with E-state index in [2.05, 4.69) is 0 Å². The minimum atomic E-state index is -0.387. The number of ketones is 1. The molecule has 0 bridgehead atoms. The molecule has 1 aliphatic carbocycles. The second kappa shape index (κ2) is 4.82. The number of fused-ring (bicyclic) bond motifs is 1. The van der Waals surface area contributed by atoms with E-state index in [1.54, 1.807) is 12.1 Å². The average Bonchev–Trinajstić information content (AvgIpc) is 2.79. The minimum Gasteiger partial charge on any atom is -0.349 e. The Balaban J connectivity index is 1.92. The van der Waals surface area contributed by atoms with Crippen molar-refractivity contribution in [1.29, 1.82) is 0 Å². The lowest BCUT2D eigenvalue weighted by Gasteiger charge is -2.07. The van der Waals surface area contributed by atoms with E-state index in [-0.39, 0.29) is 16.6 Å². The number of carbonyl (C=O) groups is 1. The molecule has 0 radical (unpaired) electrons. The van der Waals surface area contributed by atoms with Gasteiger partial charge in [-0.3, -0.25) is 4.79 Å². The predicted octanol–water partition coefficient (Wildman–Crippen LogP) is 3.85. The van der Waals surface area contributed by atoms with Gasteiger partial charge < -0.3 is 4.57 Å². The molecular formula is C15H13ClFNO. The Labute approximate surface area is 115 Å². The van der Waals surface area contributed by atoms with Gasteiger partial charge in [0.25, 0.3) is 0 Å². The van der Waals surface area contributed by atoms with Gasteiger partial charge in [-0.2, -0.15) is 0 Å². The van der Waals surface area contributed by atoms with Crippen LogP contribution in [0.15, 0.2) is 30.6 Å². The third-order valence-corrected chi connectivity index (χ3v) is 3.79. The highest BCUT2D eigenvalue weighted by atomic mass is 35.5. The van der Waals surface area contributed by atoms with Crippen molar-refractivity contribution < 1.29 is 9.18 Å². The van der Waals surface area contributed by atoms with E-state index >= 15 is 0 Å². The fourth-order valence-electron chi connectivity index (χ4n) is 2.54. The lowest BCUT2D eigenvalue weighted by molar-refractivity contribution is 0.0973. The van der Waals surface area contributed by atoms with Crippen molar-refractivity contribution in [1.82, 2.24) is 4.57 Å². The molecule has 0 aliphatic heterocycles. The van der Waals surface area contributed by atoms with Crippen LogP contribution in [0, 0.1) is 5.82 Å². The number of aryl methyl sites for hydroxylation is 1. The predicted molar refractivity (Wildman–Crippen MR) is 72.2 cm³/mol. The zero-order chi connectivity index (χ0) is 13.4. The Morgan fingerprint density at radius 3 is 2.89 bits per heavy atom. The molecule has 19 heavy (non-hydrogen) atoms. The zero-order valence-electron chi connectivity index (χ0n) is 10.3. The smallest absolute Gasteiger partial charge is 0.164 e. The highest BCUT2D eigenvalue weighted by molar-refractivity contribution is 6.30. The van der Waals surface area contributed by atoms with E-state index in [0.29, 0.717) is 18.5 Å². The number of nitrogens with zero attached hydrogens (tertiary/aromatic N) is 1. The van der Waals surface area contributed by atoms with Crippen molar-refractivity contribution in [3.63, 3.8) is 0 Å². The highest BCUT2D eigenvalue weighted by Crippen LogP contribution is 2.24. The SMILES string of the molecule is O=C1CCCc2cn(Cc3cccc(Cl)c3F)cc21. The number of rotatable bonds is 2. The standard InChI is InChI=1S/C15H13ClFNO/c16-13-5-1-4-11(15(13)17)8-18-7-10-3-2-6-14(19)12(10)9-18/h1,4-5,7,9H,2-3,6,8H2. The molecule has 0 amide bonds. The van der Waals surface area contributed by atoms with Crippen LogP contribution >= 0.6 is 11.6 Å². The molecule has 98 valence electrons. The molecule has 0 spiro atoms. The largest absolute Gasteiger partial charge is 0.349 e. The summed E-state index contributed by atoms with van der Waals surface area (Å²) >= 11 is 5.77. The molecule has 4 heteroatoms. The van der Waals surface area contributed by atoms with E-state index in [1.807, 2.05) is 17.0 Å². The van der Waals surface area contributed by atoms with Gasteiger partial charge in [0.2, 0.25) is 0 Å². The van der Waals surface area contributed by atoms with Crippen molar-refractivity contribution in [3.8, 4) is 0 Å². The second-order valence-corrected chi connectivity index (χ2v) is 5.27. The van der Waals surface area contributed by atoms with Crippen molar-refractivity contribution in [3.05, 3.63) is 58.1 Å². The maximum absolute atomic E-state index is 13.8. The monoisotopic (exact) mass is 277 g/mol. The molecule has 0 fully saturated rings. The first-order valence-electron chi connectivity index (χ1n) is 6.30. The summed E-state index contributed by atoms with van der Waals surface area (Å²) in [5, 5.41) is 0.130. The summed E-state index contributed by atoms with van der Waals surface area (Å²) in [6.45, 7) is 0.396. The second-order valence-electron chi connectivity index (χ2n) is 4.86. The van der Waals surface area contributed by atoms with Crippen molar-refractivity contribution in [2.24, 2.45) is 0 Å². The van der Waals surface area contributed by atoms with Gasteiger partial charge in [0.1, 0.15) is 5.82 Å². The number of benzene rings is 1. The Hall–Kier alpha value is -1.61. The Morgan fingerprint density at radius 1 is 1.26 bits per heavy atom. The van der Waals surface area contributed by atoms with Crippen LogP contribution in [-0.4, -0.2) is 10.4 Å². The summed E-state index contributed by atoms with van der Waals surface area (Å²) in [5.74, 6) is -0.200. The first-order chi connectivity index (χ1) is 9.15. The lowest BCUT2D eigenvalue weighted by atomic mass is 9.95. The zero-order valence-corrected chi connectivity index (χ0v) is 11.1. The summed E-state index contributed by atoms with van der Waals surface area (Å²) in [7, 11) is 0. The summed E-state index contributed by atoms with van der Waals surface area (Å²) in [4.78, 5) is 11.8. The topological polar surface area (TPSA) is 22.0 Å². The third-order valence-electron chi connectivity index (χ3n) is 3.50. The van der Waals surface area contributed by atoms with Gasteiger partial charge in [0.15, 0.2) is 5.78 Å². The molecule has 0 atom stereocenters. The van der Waals surface area contributed by atoms with Gasteiger partial charge in [-0.15, -0.1) is 0 Å². The molecule has 1 aromatic carbocycles. The van der Waals surface area contributed by atoms with Crippen LogP contribution in [0.2, 0.25) is 5.02 Å². The normalized spacial score (nSPS) is 14.5. The number of Topliss-reactive ketones (excluding diaryl/α,β-unsaturated/α-hetero) is 1. The van der Waals surface area contributed by atoms with Crippen LogP contribution in [0.4, 0.5) is 4.39 Å². The molecule has 0 unspecified atom stereocenters. The van der Waals surface area contributed by atoms with Crippen LogP contribution in [0.3, 0.4) is 0 Å². The molecule has 1 aliphatic rings. The van der Waals surface area contributed by atoms with Gasteiger partial charge in [-0.05, 0) is 24.5 Å². The van der Waals surface area contributed by atoms with Crippen LogP contribution in [0.25, 0.3) is 0 Å². The number of aromatic nitrogens is 1. The highest BCUT2D eigenvalue weighted by Gasteiger charge is 2.19. The fraction of sp³-hybridized carbons (Fsp3) is 0.267. The van der Waals surface area contributed by atoms with Gasteiger partial charge >= 0.3 is 0 Å². The maximum atomic E-state index is 13.8. The molecule has 1 aromatic heterocycles. The minimum absolute atomic E-state index is 0.130. The summed E-state index contributed by atoms with van der Waals surface area (Å²) < 4.78 is 15.7. The van der Waals surface area contributed by atoms with E-state index in [9.17, 15) is 9.18 Å². The van der Waals surface area contributed by atoms with Crippen molar-refractivity contribution in [2.45, 2.75) is 25.8 Å². The first-order valence-corrected chi connectivity index (χ1v) is 6.67. The molecule has 3 rings (SSSR count). The Bertz CT molecular complexity index is 648.